The summed E-state index contributed by atoms with van der Waals surface area (Å²) in [5.74, 6) is 0.690. The van der Waals surface area contributed by atoms with Gasteiger partial charge in [-0.1, -0.05) is 32.4 Å². The zero-order valence-electron chi connectivity index (χ0n) is 12.4. The van der Waals surface area contributed by atoms with Crippen LogP contribution in [0.5, 0.6) is 0 Å². The van der Waals surface area contributed by atoms with Crippen molar-refractivity contribution in [1.29, 1.82) is 0 Å². The normalized spacial score (nSPS) is 11.4. The average Bonchev–Trinajstić information content (AvgIpc) is 2.90. The van der Waals surface area contributed by atoms with E-state index in [2.05, 4.69) is 10.3 Å². The smallest absolute Gasteiger partial charge is 0.251 e. The lowest BCUT2D eigenvalue weighted by atomic mass is 9.91. The number of rotatable bonds is 4. The first-order chi connectivity index (χ1) is 9.86. The molecule has 5 heteroatoms. The van der Waals surface area contributed by atoms with Gasteiger partial charge in [0.25, 0.3) is 5.91 Å². The van der Waals surface area contributed by atoms with Crippen molar-refractivity contribution < 1.29 is 9.21 Å². The highest BCUT2D eigenvalue weighted by Crippen LogP contribution is 2.23. The van der Waals surface area contributed by atoms with E-state index in [4.69, 9.17) is 16.0 Å². The third kappa shape index (κ3) is 4.33. The van der Waals surface area contributed by atoms with Crippen LogP contribution in [0.4, 0.5) is 0 Å². The van der Waals surface area contributed by atoms with Gasteiger partial charge in [-0.05, 0) is 24.3 Å². The Morgan fingerprint density at radius 3 is 2.76 bits per heavy atom. The molecule has 2 rings (SSSR count). The molecular formula is C16H19ClN2O2. The van der Waals surface area contributed by atoms with Crippen molar-refractivity contribution in [3.63, 3.8) is 0 Å². The molecule has 112 valence electrons. The number of hydrogen-bond acceptors (Lipinski definition) is 3. The van der Waals surface area contributed by atoms with Crippen molar-refractivity contribution in [2.45, 2.75) is 32.6 Å². The third-order valence-corrected chi connectivity index (χ3v) is 3.26. The molecule has 0 radical (unpaired) electrons. The molecule has 2 aromatic rings. The standard InChI is InChI=1S/C16H19ClN2O2/c1-16(2,3)13-9-11(10-14(17)19-13)15(20)18-7-6-12-5-4-8-21-12/h4-5,8-10H,6-7H2,1-3H3,(H,18,20). The minimum Gasteiger partial charge on any atom is -0.469 e. The first kappa shape index (κ1) is 15.6. The molecule has 0 unspecified atom stereocenters. The molecule has 2 heterocycles. The van der Waals surface area contributed by atoms with Gasteiger partial charge in [-0.3, -0.25) is 4.79 Å². The van der Waals surface area contributed by atoms with Gasteiger partial charge in [0, 0.05) is 29.6 Å². The summed E-state index contributed by atoms with van der Waals surface area (Å²) in [5.41, 5.74) is 1.17. The van der Waals surface area contributed by atoms with Crippen LogP contribution in [0.15, 0.2) is 34.9 Å². The van der Waals surface area contributed by atoms with E-state index in [-0.39, 0.29) is 11.3 Å². The second-order valence-corrected chi connectivity index (χ2v) is 6.29. The Labute approximate surface area is 129 Å². The number of pyridine rings is 1. The second kappa shape index (κ2) is 6.31. The lowest BCUT2D eigenvalue weighted by Crippen LogP contribution is -2.26. The molecule has 0 spiro atoms. The van der Waals surface area contributed by atoms with Gasteiger partial charge in [-0.2, -0.15) is 0 Å². The molecule has 4 nitrogen and oxygen atoms in total. The van der Waals surface area contributed by atoms with Crippen molar-refractivity contribution in [2.24, 2.45) is 0 Å². The van der Waals surface area contributed by atoms with Crippen LogP contribution in [0.2, 0.25) is 5.15 Å². The molecule has 0 saturated heterocycles. The summed E-state index contributed by atoms with van der Waals surface area (Å²) in [6, 6.07) is 7.08. The van der Waals surface area contributed by atoms with E-state index >= 15 is 0 Å². The number of nitrogens with zero attached hydrogens (tertiary/aromatic N) is 1. The Kier molecular flexibility index (Phi) is 4.68. The van der Waals surface area contributed by atoms with Gasteiger partial charge >= 0.3 is 0 Å². The fourth-order valence-corrected chi connectivity index (χ4v) is 2.08. The maximum atomic E-state index is 12.2. The van der Waals surface area contributed by atoms with Crippen molar-refractivity contribution in [1.82, 2.24) is 10.3 Å². The molecule has 0 bridgehead atoms. The summed E-state index contributed by atoms with van der Waals surface area (Å²) in [5, 5.41) is 3.19. The van der Waals surface area contributed by atoms with Crippen molar-refractivity contribution in [3.8, 4) is 0 Å². The van der Waals surface area contributed by atoms with Crippen LogP contribution in [0.3, 0.4) is 0 Å². The average molecular weight is 307 g/mol. The largest absolute Gasteiger partial charge is 0.469 e. The minimum absolute atomic E-state index is 0.156. The van der Waals surface area contributed by atoms with Gasteiger partial charge in [0.2, 0.25) is 0 Å². The number of hydrogen-bond donors (Lipinski definition) is 1. The van der Waals surface area contributed by atoms with Crippen LogP contribution >= 0.6 is 11.6 Å². The molecule has 1 N–H and O–H groups in total. The molecule has 0 aliphatic carbocycles. The molecular weight excluding hydrogens is 288 g/mol. The first-order valence-electron chi connectivity index (χ1n) is 6.85. The lowest BCUT2D eigenvalue weighted by molar-refractivity contribution is 0.0953. The molecule has 0 atom stereocenters. The van der Waals surface area contributed by atoms with Crippen LogP contribution in [0, 0.1) is 0 Å². The van der Waals surface area contributed by atoms with Crippen LogP contribution < -0.4 is 5.32 Å². The van der Waals surface area contributed by atoms with E-state index in [1.807, 2.05) is 32.9 Å². The number of halogens is 1. The third-order valence-electron chi connectivity index (χ3n) is 3.06. The molecule has 2 aromatic heterocycles. The molecule has 1 amide bonds. The van der Waals surface area contributed by atoms with Crippen molar-refractivity contribution in [2.75, 3.05) is 6.54 Å². The SMILES string of the molecule is CC(C)(C)c1cc(C(=O)NCCc2ccco2)cc(Cl)n1. The van der Waals surface area contributed by atoms with Gasteiger partial charge in [0.05, 0.1) is 6.26 Å². The predicted octanol–water partition coefficient (Wildman–Crippen LogP) is 3.60. The van der Waals surface area contributed by atoms with Crippen molar-refractivity contribution >= 4 is 17.5 Å². The quantitative estimate of drug-likeness (QED) is 0.878. The van der Waals surface area contributed by atoms with Crippen LogP contribution in [0.1, 0.15) is 42.6 Å². The summed E-state index contributed by atoms with van der Waals surface area (Å²) in [6.45, 7) is 6.61. The fourth-order valence-electron chi connectivity index (χ4n) is 1.87. The van der Waals surface area contributed by atoms with E-state index in [9.17, 15) is 4.79 Å². The topological polar surface area (TPSA) is 55.1 Å². The highest BCUT2D eigenvalue weighted by Gasteiger charge is 2.18. The molecule has 0 saturated carbocycles. The summed E-state index contributed by atoms with van der Waals surface area (Å²) in [4.78, 5) is 16.5. The lowest BCUT2D eigenvalue weighted by Gasteiger charge is -2.18. The fraction of sp³-hybridized carbons (Fsp3) is 0.375. The zero-order valence-corrected chi connectivity index (χ0v) is 13.2. The molecule has 0 aliphatic rings. The number of amides is 1. The van der Waals surface area contributed by atoms with E-state index in [0.717, 1.165) is 11.5 Å². The second-order valence-electron chi connectivity index (χ2n) is 5.90. The van der Waals surface area contributed by atoms with E-state index in [1.54, 1.807) is 18.4 Å². The Morgan fingerprint density at radius 2 is 2.14 bits per heavy atom. The van der Waals surface area contributed by atoms with Gasteiger partial charge in [-0.25, -0.2) is 4.98 Å². The maximum absolute atomic E-state index is 12.2. The summed E-state index contributed by atoms with van der Waals surface area (Å²) in [7, 11) is 0. The predicted molar refractivity (Wildman–Crippen MR) is 82.7 cm³/mol. The van der Waals surface area contributed by atoms with Crippen LogP contribution in [0.25, 0.3) is 0 Å². The van der Waals surface area contributed by atoms with E-state index < -0.39 is 0 Å². The number of nitrogens with one attached hydrogen (secondary N) is 1. The van der Waals surface area contributed by atoms with Crippen LogP contribution in [-0.2, 0) is 11.8 Å². The molecule has 0 aliphatic heterocycles. The number of furan rings is 1. The monoisotopic (exact) mass is 306 g/mol. The van der Waals surface area contributed by atoms with Crippen molar-refractivity contribution in [3.05, 3.63) is 52.7 Å². The number of carbonyl (C=O) groups is 1. The van der Waals surface area contributed by atoms with Gasteiger partial charge in [0.15, 0.2) is 0 Å². The summed E-state index contributed by atoms with van der Waals surface area (Å²) in [6.07, 6.45) is 2.28. The van der Waals surface area contributed by atoms with Crippen LogP contribution in [-0.4, -0.2) is 17.4 Å². The van der Waals surface area contributed by atoms with Gasteiger partial charge < -0.3 is 9.73 Å². The van der Waals surface area contributed by atoms with Gasteiger partial charge in [-0.15, -0.1) is 0 Å². The van der Waals surface area contributed by atoms with E-state index in [0.29, 0.717) is 23.7 Å². The highest BCUT2D eigenvalue weighted by atomic mass is 35.5. The Morgan fingerprint density at radius 1 is 1.38 bits per heavy atom. The highest BCUT2D eigenvalue weighted by molar-refractivity contribution is 6.29. The molecule has 0 fully saturated rings. The summed E-state index contributed by atoms with van der Waals surface area (Å²) < 4.78 is 5.22. The molecule has 21 heavy (non-hydrogen) atoms. The van der Waals surface area contributed by atoms with Gasteiger partial charge in [0.1, 0.15) is 10.9 Å². The summed E-state index contributed by atoms with van der Waals surface area (Å²) >= 11 is 6.01. The zero-order chi connectivity index (χ0) is 15.5. The molecule has 0 aromatic carbocycles. The number of carbonyl (C=O) groups excluding carboxylic acids is 1. The Hall–Kier alpha value is -1.81. The van der Waals surface area contributed by atoms with E-state index in [1.165, 1.54) is 0 Å². The minimum atomic E-state index is -0.159. The Bertz CT molecular complexity index is 616. The maximum Gasteiger partial charge on any atom is 0.251 e. The number of aromatic nitrogens is 1. The Balaban J connectivity index is 2.03. The first-order valence-corrected chi connectivity index (χ1v) is 7.23.